The summed E-state index contributed by atoms with van der Waals surface area (Å²) in [6, 6.07) is 10.2. The number of benzene rings is 2. The smallest absolute Gasteiger partial charge is 0.273 e. The third kappa shape index (κ3) is 4.54. The first-order valence-electron chi connectivity index (χ1n) is 9.03. The van der Waals surface area contributed by atoms with Crippen molar-refractivity contribution in [3.8, 4) is 5.75 Å². The third-order valence-corrected chi connectivity index (χ3v) is 6.58. The molecular weight excluding hydrogens is 398 g/mol. The van der Waals surface area contributed by atoms with Gasteiger partial charge in [0.05, 0.1) is 29.0 Å². The van der Waals surface area contributed by atoms with Crippen molar-refractivity contribution in [2.45, 2.75) is 24.2 Å². The van der Waals surface area contributed by atoms with Crippen LogP contribution in [0.1, 0.15) is 18.4 Å². The second-order valence-corrected chi connectivity index (χ2v) is 8.52. The Morgan fingerprint density at radius 2 is 1.90 bits per heavy atom. The molecule has 10 heteroatoms. The number of nitrogens with one attached hydrogen (secondary N) is 1. The first kappa shape index (κ1) is 20.7. The van der Waals surface area contributed by atoms with Gasteiger partial charge in [-0.1, -0.05) is 18.2 Å². The number of para-hydroxylation sites is 1. The van der Waals surface area contributed by atoms with Crippen LogP contribution in [-0.2, 0) is 21.2 Å². The van der Waals surface area contributed by atoms with E-state index in [0.717, 1.165) is 12.8 Å². The highest BCUT2D eigenvalue weighted by molar-refractivity contribution is 7.89. The Balaban J connectivity index is 1.84. The molecule has 1 amide bonds. The molecule has 0 atom stereocenters. The van der Waals surface area contributed by atoms with E-state index >= 15 is 0 Å². The number of hydrogen-bond acceptors (Lipinski definition) is 6. The highest BCUT2D eigenvalue weighted by atomic mass is 32.2. The van der Waals surface area contributed by atoms with E-state index in [9.17, 15) is 23.3 Å². The zero-order chi connectivity index (χ0) is 21.0. The van der Waals surface area contributed by atoms with Gasteiger partial charge in [0.1, 0.15) is 5.75 Å². The minimum atomic E-state index is -3.66. The van der Waals surface area contributed by atoms with E-state index < -0.39 is 20.9 Å². The van der Waals surface area contributed by atoms with Gasteiger partial charge < -0.3 is 10.1 Å². The Bertz CT molecular complexity index is 1030. The maximum Gasteiger partial charge on any atom is 0.273 e. The average molecular weight is 419 g/mol. The number of nitrogens with zero attached hydrogens (tertiary/aromatic N) is 2. The van der Waals surface area contributed by atoms with Gasteiger partial charge in [0, 0.05) is 24.7 Å². The molecule has 0 unspecified atom stereocenters. The molecule has 0 saturated carbocycles. The van der Waals surface area contributed by atoms with Crippen LogP contribution in [0.15, 0.2) is 47.4 Å². The van der Waals surface area contributed by atoms with Gasteiger partial charge in [0.2, 0.25) is 15.9 Å². The molecule has 1 aliphatic heterocycles. The minimum Gasteiger partial charge on any atom is -0.495 e. The summed E-state index contributed by atoms with van der Waals surface area (Å²) < 4.78 is 32.2. The van der Waals surface area contributed by atoms with E-state index in [1.165, 1.54) is 47.8 Å². The van der Waals surface area contributed by atoms with Crippen LogP contribution in [0.2, 0.25) is 0 Å². The molecule has 0 aliphatic carbocycles. The van der Waals surface area contributed by atoms with Crippen molar-refractivity contribution < 1.29 is 22.9 Å². The van der Waals surface area contributed by atoms with Crippen molar-refractivity contribution >= 4 is 27.3 Å². The molecule has 1 heterocycles. The predicted molar refractivity (Wildman–Crippen MR) is 106 cm³/mol. The number of nitro groups is 1. The summed E-state index contributed by atoms with van der Waals surface area (Å²) in [6.07, 6.45) is 1.40. The Morgan fingerprint density at radius 1 is 1.21 bits per heavy atom. The molecule has 0 bridgehead atoms. The topological polar surface area (TPSA) is 119 Å². The summed E-state index contributed by atoms with van der Waals surface area (Å²) in [5, 5.41) is 13.7. The number of sulfonamides is 1. The number of carbonyl (C=O) groups is 1. The highest BCUT2D eigenvalue weighted by Gasteiger charge is 2.28. The van der Waals surface area contributed by atoms with Crippen molar-refractivity contribution in [3.05, 3.63) is 58.1 Å². The number of hydrogen-bond donors (Lipinski definition) is 1. The molecule has 9 nitrogen and oxygen atoms in total. The fourth-order valence-corrected chi connectivity index (χ4v) is 4.77. The Labute approximate surface area is 168 Å². The van der Waals surface area contributed by atoms with Crippen LogP contribution in [0.5, 0.6) is 5.75 Å². The Morgan fingerprint density at radius 3 is 2.55 bits per heavy atom. The lowest BCUT2D eigenvalue weighted by atomic mass is 10.1. The zero-order valence-electron chi connectivity index (χ0n) is 15.8. The molecule has 0 spiro atoms. The van der Waals surface area contributed by atoms with Gasteiger partial charge in [0.25, 0.3) is 5.69 Å². The molecule has 0 aromatic heterocycles. The van der Waals surface area contributed by atoms with Gasteiger partial charge in [-0.2, -0.15) is 4.31 Å². The van der Waals surface area contributed by atoms with Crippen LogP contribution in [0.4, 0.5) is 11.4 Å². The molecule has 1 N–H and O–H groups in total. The molecule has 29 heavy (non-hydrogen) atoms. The van der Waals surface area contributed by atoms with Crippen molar-refractivity contribution in [2.24, 2.45) is 0 Å². The lowest BCUT2D eigenvalue weighted by Gasteiger charge is -2.17. The summed E-state index contributed by atoms with van der Waals surface area (Å²) in [5.74, 6) is -0.227. The Hall–Kier alpha value is -2.98. The molecule has 1 aliphatic rings. The second kappa shape index (κ2) is 8.58. The van der Waals surface area contributed by atoms with E-state index in [1.807, 2.05) is 0 Å². The lowest BCUT2D eigenvalue weighted by molar-refractivity contribution is -0.385. The molecule has 2 aromatic carbocycles. The highest BCUT2D eigenvalue weighted by Crippen LogP contribution is 2.30. The fraction of sp³-hybridized carbons (Fsp3) is 0.316. The van der Waals surface area contributed by atoms with Crippen LogP contribution < -0.4 is 10.1 Å². The summed E-state index contributed by atoms with van der Waals surface area (Å²) in [6.45, 7) is 0.932. The lowest BCUT2D eigenvalue weighted by Crippen LogP contribution is -2.28. The van der Waals surface area contributed by atoms with Crippen LogP contribution >= 0.6 is 0 Å². The molecule has 2 aromatic rings. The summed E-state index contributed by atoms with van der Waals surface area (Å²) >= 11 is 0. The van der Waals surface area contributed by atoms with E-state index in [0.29, 0.717) is 18.8 Å². The van der Waals surface area contributed by atoms with Crippen molar-refractivity contribution in [1.82, 2.24) is 4.31 Å². The standard InChI is InChI=1S/C19H21N3O6S/c1-28-18-9-8-15(29(26,27)21-10-4-5-11-21)13-16(18)20-19(23)12-14-6-2-3-7-17(14)22(24)25/h2-3,6-9,13H,4-5,10-12H2,1H3,(H,20,23). The molecule has 154 valence electrons. The monoisotopic (exact) mass is 419 g/mol. The first-order chi connectivity index (χ1) is 13.8. The number of ether oxygens (including phenoxy) is 1. The van der Waals surface area contributed by atoms with Gasteiger partial charge in [-0.15, -0.1) is 0 Å². The van der Waals surface area contributed by atoms with Crippen LogP contribution in [0.3, 0.4) is 0 Å². The number of nitro benzene ring substituents is 1. The van der Waals surface area contributed by atoms with Crippen molar-refractivity contribution in [3.63, 3.8) is 0 Å². The van der Waals surface area contributed by atoms with Crippen LogP contribution in [0.25, 0.3) is 0 Å². The Kier molecular flexibility index (Phi) is 6.14. The largest absolute Gasteiger partial charge is 0.495 e. The maximum absolute atomic E-state index is 12.8. The number of rotatable bonds is 7. The van der Waals surface area contributed by atoms with Gasteiger partial charge in [-0.3, -0.25) is 14.9 Å². The normalized spacial score (nSPS) is 14.5. The summed E-state index contributed by atoms with van der Waals surface area (Å²) in [7, 11) is -2.26. The summed E-state index contributed by atoms with van der Waals surface area (Å²) in [5.41, 5.74) is 0.297. The summed E-state index contributed by atoms with van der Waals surface area (Å²) in [4.78, 5) is 23.1. The molecule has 1 fully saturated rings. The molecular formula is C19H21N3O6S. The minimum absolute atomic E-state index is 0.0567. The van der Waals surface area contributed by atoms with Crippen molar-refractivity contribution in [1.29, 1.82) is 0 Å². The first-order valence-corrected chi connectivity index (χ1v) is 10.5. The van der Waals surface area contributed by atoms with Crippen LogP contribution in [-0.4, -0.2) is 43.8 Å². The van der Waals surface area contributed by atoms with E-state index in [4.69, 9.17) is 4.74 Å². The average Bonchev–Trinajstić information content (AvgIpc) is 3.24. The molecule has 3 rings (SSSR count). The van der Waals surface area contributed by atoms with E-state index in [-0.39, 0.29) is 28.3 Å². The van der Waals surface area contributed by atoms with Gasteiger partial charge >= 0.3 is 0 Å². The van der Waals surface area contributed by atoms with E-state index in [2.05, 4.69) is 5.32 Å². The maximum atomic E-state index is 12.8. The SMILES string of the molecule is COc1ccc(S(=O)(=O)N2CCCC2)cc1NC(=O)Cc1ccccc1[N+](=O)[O-]. The quantitative estimate of drug-likeness (QED) is 0.544. The fourth-order valence-electron chi connectivity index (χ4n) is 3.23. The molecule has 0 radical (unpaired) electrons. The second-order valence-electron chi connectivity index (χ2n) is 6.58. The van der Waals surface area contributed by atoms with Crippen molar-refractivity contribution in [2.75, 3.05) is 25.5 Å². The number of methoxy groups -OCH3 is 1. The van der Waals surface area contributed by atoms with Gasteiger partial charge in [0.15, 0.2) is 0 Å². The van der Waals surface area contributed by atoms with Gasteiger partial charge in [-0.25, -0.2) is 8.42 Å². The van der Waals surface area contributed by atoms with Gasteiger partial charge in [-0.05, 0) is 31.0 Å². The zero-order valence-corrected chi connectivity index (χ0v) is 16.6. The number of anilines is 1. The van der Waals surface area contributed by atoms with Crippen LogP contribution in [0, 0.1) is 10.1 Å². The predicted octanol–water partition coefficient (Wildman–Crippen LogP) is 2.57. The number of carbonyl (C=O) groups excluding carboxylic acids is 1. The van der Waals surface area contributed by atoms with E-state index in [1.54, 1.807) is 6.07 Å². The third-order valence-electron chi connectivity index (χ3n) is 4.69. The number of amides is 1. The molecule has 1 saturated heterocycles.